The van der Waals surface area contributed by atoms with E-state index in [1.807, 2.05) is 6.07 Å². The molecule has 15 heavy (non-hydrogen) atoms. The van der Waals surface area contributed by atoms with Crippen LogP contribution < -0.4 is 9.84 Å². The number of amides is 1. The van der Waals surface area contributed by atoms with Crippen LogP contribution in [-0.2, 0) is 21.2 Å². The molecule has 1 aliphatic heterocycles. The Labute approximate surface area is 87.7 Å². The van der Waals surface area contributed by atoms with Gasteiger partial charge in [-0.25, -0.2) is 13.4 Å². The van der Waals surface area contributed by atoms with Crippen LogP contribution in [0.5, 0.6) is 0 Å². The second kappa shape index (κ2) is 3.32. The molecule has 6 heteroatoms. The third-order valence-electron chi connectivity index (χ3n) is 2.08. The fourth-order valence-corrected chi connectivity index (χ4v) is 2.05. The number of hydrogen-bond acceptors (Lipinski definition) is 3. The largest absolute Gasteiger partial charge is 0.273 e. The van der Waals surface area contributed by atoms with Crippen LogP contribution in [0.1, 0.15) is 5.56 Å². The van der Waals surface area contributed by atoms with E-state index in [-0.39, 0.29) is 12.3 Å². The van der Waals surface area contributed by atoms with Gasteiger partial charge in [0.25, 0.3) is 0 Å². The van der Waals surface area contributed by atoms with Gasteiger partial charge in [0.1, 0.15) is 0 Å². The summed E-state index contributed by atoms with van der Waals surface area (Å²) in [6.07, 6.45) is 1.25. The molecule has 1 N–H and O–H groups in total. The maximum atomic E-state index is 11.5. The zero-order chi connectivity index (χ0) is 11.1. The summed E-state index contributed by atoms with van der Waals surface area (Å²) in [5, 5.41) is 1.07. The van der Waals surface area contributed by atoms with E-state index >= 15 is 0 Å². The number of para-hydroxylation sites is 1. The summed E-state index contributed by atoms with van der Waals surface area (Å²) in [5.41, 5.74) is 1.44. The van der Waals surface area contributed by atoms with Gasteiger partial charge in [0, 0.05) is 0 Å². The van der Waals surface area contributed by atoms with Crippen LogP contribution >= 0.6 is 0 Å². The number of anilines is 1. The molecule has 0 radical (unpaired) electrons. The Morgan fingerprint density at radius 3 is 2.67 bits per heavy atom. The number of nitrogens with zero attached hydrogens (tertiary/aromatic N) is 1. The van der Waals surface area contributed by atoms with Crippen molar-refractivity contribution in [3.8, 4) is 0 Å². The van der Waals surface area contributed by atoms with Gasteiger partial charge < -0.3 is 0 Å². The number of carbonyl (C=O) groups is 1. The molecule has 0 unspecified atom stereocenters. The molecule has 0 bridgehead atoms. The minimum atomic E-state index is -3.43. The van der Waals surface area contributed by atoms with Crippen LogP contribution in [0.25, 0.3) is 0 Å². The van der Waals surface area contributed by atoms with Gasteiger partial charge in [-0.1, -0.05) is 18.2 Å². The number of hydrazine groups is 1. The normalized spacial score (nSPS) is 15.5. The van der Waals surface area contributed by atoms with Crippen LogP contribution in [0.3, 0.4) is 0 Å². The molecule has 1 heterocycles. The molecule has 0 aliphatic carbocycles. The Morgan fingerprint density at radius 1 is 1.33 bits per heavy atom. The molecule has 2 rings (SSSR count). The Morgan fingerprint density at radius 2 is 2.00 bits per heavy atom. The fraction of sp³-hybridized carbons (Fsp3) is 0.222. The zero-order valence-corrected chi connectivity index (χ0v) is 8.91. The van der Waals surface area contributed by atoms with E-state index in [2.05, 4.69) is 4.83 Å². The highest BCUT2D eigenvalue weighted by Gasteiger charge is 2.28. The van der Waals surface area contributed by atoms with Crippen LogP contribution in [-0.4, -0.2) is 20.6 Å². The molecule has 0 spiro atoms. The molecular weight excluding hydrogens is 216 g/mol. The van der Waals surface area contributed by atoms with E-state index in [0.29, 0.717) is 5.69 Å². The van der Waals surface area contributed by atoms with Crippen LogP contribution in [0.15, 0.2) is 24.3 Å². The number of hydrogen-bond donors (Lipinski definition) is 1. The third-order valence-corrected chi connectivity index (χ3v) is 2.59. The number of benzene rings is 1. The Bertz CT molecular complexity index is 510. The van der Waals surface area contributed by atoms with Gasteiger partial charge in [-0.2, -0.15) is 0 Å². The minimum Gasteiger partial charge on any atom is -0.273 e. The first-order valence-corrected chi connectivity index (χ1v) is 6.25. The standard InChI is InChI=1S/C9H10N2O3S/c1-15(13,14)10-11-8-5-3-2-4-7(8)6-9(11)12/h2-5,10H,6H2,1H3. The van der Waals surface area contributed by atoms with Crippen molar-refractivity contribution in [3.63, 3.8) is 0 Å². The monoisotopic (exact) mass is 226 g/mol. The van der Waals surface area contributed by atoms with Crippen molar-refractivity contribution in [2.45, 2.75) is 6.42 Å². The van der Waals surface area contributed by atoms with Gasteiger partial charge >= 0.3 is 0 Å². The first kappa shape index (κ1) is 10.1. The second-order valence-electron chi connectivity index (χ2n) is 3.40. The fourth-order valence-electron chi connectivity index (χ4n) is 1.52. The number of rotatable bonds is 2. The maximum Gasteiger partial charge on any atom is 0.246 e. The minimum absolute atomic E-state index is 0.235. The average molecular weight is 226 g/mol. The van der Waals surface area contributed by atoms with Gasteiger partial charge in [-0.05, 0) is 11.6 Å². The number of fused-ring (bicyclic) bond motifs is 1. The van der Waals surface area contributed by atoms with E-state index in [0.717, 1.165) is 16.8 Å². The first-order chi connectivity index (χ1) is 6.97. The lowest BCUT2D eigenvalue weighted by Gasteiger charge is -2.16. The summed E-state index contributed by atoms with van der Waals surface area (Å²) in [6, 6.07) is 7.08. The molecule has 0 atom stereocenters. The number of nitrogens with one attached hydrogen (secondary N) is 1. The van der Waals surface area contributed by atoms with Crippen LogP contribution in [0.2, 0.25) is 0 Å². The Kier molecular flexibility index (Phi) is 2.24. The highest BCUT2D eigenvalue weighted by Crippen LogP contribution is 2.26. The summed E-state index contributed by atoms with van der Waals surface area (Å²) in [6.45, 7) is 0. The molecule has 0 fully saturated rings. The molecule has 80 valence electrons. The molecule has 0 aromatic heterocycles. The smallest absolute Gasteiger partial charge is 0.246 e. The summed E-state index contributed by atoms with van der Waals surface area (Å²) in [5.74, 6) is -0.262. The maximum absolute atomic E-state index is 11.5. The number of carbonyl (C=O) groups excluding carboxylic acids is 1. The van der Waals surface area contributed by atoms with E-state index in [4.69, 9.17) is 0 Å². The van der Waals surface area contributed by atoms with Gasteiger partial charge in [0.2, 0.25) is 15.9 Å². The highest BCUT2D eigenvalue weighted by molar-refractivity contribution is 7.88. The SMILES string of the molecule is CS(=O)(=O)NN1C(=O)Cc2ccccc21. The molecule has 1 aliphatic rings. The molecule has 1 amide bonds. The Balaban J connectivity index is 2.38. The first-order valence-electron chi connectivity index (χ1n) is 4.36. The Hall–Kier alpha value is -1.40. The van der Waals surface area contributed by atoms with Crippen LogP contribution in [0, 0.1) is 0 Å². The van der Waals surface area contributed by atoms with Gasteiger partial charge in [-0.15, -0.1) is 4.83 Å². The summed E-state index contributed by atoms with van der Waals surface area (Å²) < 4.78 is 22.1. The average Bonchev–Trinajstić information content (AvgIpc) is 2.41. The van der Waals surface area contributed by atoms with Gasteiger partial charge in [0.05, 0.1) is 18.4 Å². The lowest BCUT2D eigenvalue weighted by atomic mass is 10.2. The highest BCUT2D eigenvalue weighted by atomic mass is 32.2. The second-order valence-corrected chi connectivity index (χ2v) is 5.12. The predicted molar refractivity (Wildman–Crippen MR) is 55.6 cm³/mol. The number of sulfonamides is 1. The molecular formula is C9H10N2O3S. The molecule has 1 aromatic rings. The third kappa shape index (κ3) is 2.00. The van der Waals surface area contributed by atoms with E-state index in [1.54, 1.807) is 18.2 Å². The van der Waals surface area contributed by atoms with Crippen LogP contribution in [0.4, 0.5) is 5.69 Å². The van der Waals surface area contributed by atoms with Gasteiger partial charge in [-0.3, -0.25) is 4.79 Å². The van der Waals surface area contributed by atoms with Gasteiger partial charge in [0.15, 0.2) is 0 Å². The molecule has 0 saturated carbocycles. The van der Waals surface area contributed by atoms with E-state index in [9.17, 15) is 13.2 Å². The van der Waals surface area contributed by atoms with Crippen molar-refractivity contribution in [2.24, 2.45) is 0 Å². The molecule has 1 aromatic carbocycles. The zero-order valence-electron chi connectivity index (χ0n) is 8.10. The quantitative estimate of drug-likeness (QED) is 0.774. The molecule has 5 nitrogen and oxygen atoms in total. The summed E-state index contributed by atoms with van der Waals surface area (Å²) >= 11 is 0. The van der Waals surface area contributed by atoms with Crippen molar-refractivity contribution in [1.82, 2.24) is 4.83 Å². The lowest BCUT2D eigenvalue weighted by Crippen LogP contribution is -2.43. The summed E-state index contributed by atoms with van der Waals surface area (Å²) in [4.78, 5) is 13.7. The van der Waals surface area contributed by atoms with E-state index in [1.165, 1.54) is 0 Å². The van der Waals surface area contributed by atoms with Crippen molar-refractivity contribution >= 4 is 21.6 Å². The summed E-state index contributed by atoms with van der Waals surface area (Å²) in [7, 11) is -3.43. The van der Waals surface area contributed by atoms with Crippen molar-refractivity contribution in [2.75, 3.05) is 11.3 Å². The topological polar surface area (TPSA) is 66.5 Å². The molecule has 0 saturated heterocycles. The predicted octanol–water partition coefficient (Wildman–Crippen LogP) is 0.0399. The van der Waals surface area contributed by atoms with E-state index < -0.39 is 10.0 Å². The lowest BCUT2D eigenvalue weighted by molar-refractivity contribution is -0.117. The van der Waals surface area contributed by atoms with Crippen molar-refractivity contribution < 1.29 is 13.2 Å². The van der Waals surface area contributed by atoms with Crippen molar-refractivity contribution in [1.29, 1.82) is 0 Å². The van der Waals surface area contributed by atoms with Crippen molar-refractivity contribution in [3.05, 3.63) is 29.8 Å².